The zero-order chi connectivity index (χ0) is 23.7. The van der Waals surface area contributed by atoms with E-state index in [4.69, 9.17) is 15.2 Å². The summed E-state index contributed by atoms with van der Waals surface area (Å²) in [5, 5.41) is 4.86. The number of imide groups is 1. The monoisotopic (exact) mass is 441 g/mol. The van der Waals surface area contributed by atoms with E-state index in [1.165, 1.54) is 0 Å². The van der Waals surface area contributed by atoms with Crippen LogP contribution >= 0.6 is 0 Å². The summed E-state index contributed by atoms with van der Waals surface area (Å²) in [4.78, 5) is 37.6. The molecule has 0 aliphatic rings. The Bertz CT molecular complexity index is 907. The summed E-state index contributed by atoms with van der Waals surface area (Å²) in [5.74, 6) is -0.594. The van der Waals surface area contributed by atoms with Gasteiger partial charge in [-0.1, -0.05) is 42.5 Å². The van der Waals surface area contributed by atoms with Gasteiger partial charge < -0.3 is 20.5 Å². The molecule has 0 unspecified atom stereocenters. The molecule has 0 aromatic heterocycles. The fourth-order valence-corrected chi connectivity index (χ4v) is 2.92. The van der Waals surface area contributed by atoms with Crippen molar-refractivity contribution >= 4 is 17.9 Å². The van der Waals surface area contributed by atoms with E-state index in [1.807, 2.05) is 30.3 Å². The number of methoxy groups -OCH3 is 1. The molecule has 0 fully saturated rings. The van der Waals surface area contributed by atoms with E-state index in [1.54, 1.807) is 52.1 Å². The summed E-state index contributed by atoms with van der Waals surface area (Å²) in [6.07, 6.45) is -0.317. The predicted molar refractivity (Wildman–Crippen MR) is 121 cm³/mol. The number of alkyl carbamates (subject to hydrolysis) is 1. The highest BCUT2D eigenvalue weighted by atomic mass is 16.6. The zero-order valence-corrected chi connectivity index (χ0v) is 18.9. The Hall–Kier alpha value is -3.39. The van der Waals surface area contributed by atoms with Gasteiger partial charge in [-0.25, -0.2) is 4.79 Å². The third kappa shape index (κ3) is 8.39. The summed E-state index contributed by atoms with van der Waals surface area (Å²) >= 11 is 0. The number of benzene rings is 2. The Morgan fingerprint density at radius 2 is 1.50 bits per heavy atom. The number of hydrogen-bond donors (Lipinski definition) is 3. The van der Waals surface area contributed by atoms with Crippen LogP contribution in [-0.4, -0.2) is 42.7 Å². The standard InChI is InChI=1S/C24H31N3O5/c1-24(2,3)32-23(30)26-20(15-16-8-6-5-7-9-16)22(29)27-21(28)19(25)14-17-10-12-18(31-4)13-11-17/h5-13,19-20H,14-15,25H2,1-4H3,(H,26,30)(H,27,28,29)/t19-,20-/m0/s1. The third-order valence-electron chi connectivity index (χ3n) is 4.49. The number of hydrogen-bond acceptors (Lipinski definition) is 6. The van der Waals surface area contributed by atoms with Crippen LogP contribution in [0.5, 0.6) is 5.75 Å². The van der Waals surface area contributed by atoms with Crippen molar-refractivity contribution in [2.45, 2.75) is 51.3 Å². The van der Waals surface area contributed by atoms with Crippen LogP contribution in [0.1, 0.15) is 31.9 Å². The van der Waals surface area contributed by atoms with E-state index in [-0.39, 0.29) is 12.8 Å². The number of carbonyl (C=O) groups excluding carboxylic acids is 3. The van der Waals surface area contributed by atoms with Gasteiger partial charge in [-0.2, -0.15) is 0 Å². The fraction of sp³-hybridized carbons (Fsp3) is 0.375. The molecule has 4 N–H and O–H groups in total. The van der Waals surface area contributed by atoms with Crippen molar-refractivity contribution in [1.29, 1.82) is 0 Å². The molecule has 0 spiro atoms. The molecule has 32 heavy (non-hydrogen) atoms. The molecule has 3 amide bonds. The van der Waals surface area contributed by atoms with Gasteiger partial charge in [0.2, 0.25) is 11.8 Å². The van der Waals surface area contributed by atoms with Crippen LogP contribution in [0.15, 0.2) is 54.6 Å². The number of carbonyl (C=O) groups is 3. The first-order valence-electron chi connectivity index (χ1n) is 10.3. The van der Waals surface area contributed by atoms with Crippen molar-refractivity contribution in [1.82, 2.24) is 10.6 Å². The quantitative estimate of drug-likeness (QED) is 0.578. The molecule has 2 aromatic rings. The smallest absolute Gasteiger partial charge is 0.408 e. The molecule has 172 valence electrons. The van der Waals surface area contributed by atoms with E-state index in [0.29, 0.717) is 5.75 Å². The second-order valence-corrected chi connectivity index (χ2v) is 8.40. The number of rotatable bonds is 8. The van der Waals surface area contributed by atoms with Gasteiger partial charge in [-0.05, 0) is 50.5 Å². The minimum atomic E-state index is -1.01. The maximum atomic E-state index is 12.8. The van der Waals surface area contributed by atoms with Crippen LogP contribution < -0.4 is 21.1 Å². The van der Waals surface area contributed by atoms with E-state index in [0.717, 1.165) is 11.1 Å². The largest absolute Gasteiger partial charge is 0.497 e. The van der Waals surface area contributed by atoms with Gasteiger partial charge in [-0.3, -0.25) is 14.9 Å². The second kappa shape index (κ2) is 11.3. The van der Waals surface area contributed by atoms with Gasteiger partial charge >= 0.3 is 6.09 Å². The lowest BCUT2D eigenvalue weighted by Crippen LogP contribution is -2.53. The van der Waals surface area contributed by atoms with Crippen molar-refractivity contribution in [3.63, 3.8) is 0 Å². The summed E-state index contributed by atoms with van der Waals surface area (Å²) in [6, 6.07) is 14.4. The predicted octanol–water partition coefficient (Wildman–Crippen LogP) is 2.34. The molecule has 0 bridgehead atoms. The molecule has 0 radical (unpaired) electrons. The topological polar surface area (TPSA) is 120 Å². The lowest BCUT2D eigenvalue weighted by Gasteiger charge is -2.23. The highest BCUT2D eigenvalue weighted by Gasteiger charge is 2.27. The van der Waals surface area contributed by atoms with Crippen LogP contribution in [0.25, 0.3) is 0 Å². The van der Waals surface area contributed by atoms with E-state index >= 15 is 0 Å². The average molecular weight is 442 g/mol. The first-order chi connectivity index (χ1) is 15.1. The number of amides is 3. The molecule has 8 nitrogen and oxygen atoms in total. The Morgan fingerprint density at radius 3 is 2.06 bits per heavy atom. The molecular formula is C24H31N3O5. The lowest BCUT2D eigenvalue weighted by molar-refractivity contribution is -0.132. The molecule has 2 rings (SSSR count). The van der Waals surface area contributed by atoms with E-state index in [2.05, 4.69) is 10.6 Å². The van der Waals surface area contributed by atoms with Gasteiger partial charge in [0.25, 0.3) is 0 Å². The van der Waals surface area contributed by atoms with Gasteiger partial charge in [0.1, 0.15) is 17.4 Å². The lowest BCUT2D eigenvalue weighted by atomic mass is 10.0. The summed E-state index contributed by atoms with van der Waals surface area (Å²) in [6.45, 7) is 5.17. The van der Waals surface area contributed by atoms with Crippen LogP contribution in [0.4, 0.5) is 4.79 Å². The molecule has 8 heteroatoms. The van der Waals surface area contributed by atoms with Crippen molar-refractivity contribution < 1.29 is 23.9 Å². The second-order valence-electron chi connectivity index (χ2n) is 8.40. The molecule has 0 aliphatic heterocycles. The summed E-state index contributed by atoms with van der Waals surface area (Å²) in [7, 11) is 1.57. The SMILES string of the molecule is COc1ccc(C[C@H](N)C(=O)NC(=O)[C@H](Cc2ccccc2)NC(=O)OC(C)(C)C)cc1. The summed E-state index contributed by atoms with van der Waals surface area (Å²) in [5.41, 5.74) is 6.92. The van der Waals surface area contributed by atoms with Crippen molar-refractivity contribution in [2.75, 3.05) is 7.11 Å². The van der Waals surface area contributed by atoms with Gasteiger partial charge in [0, 0.05) is 6.42 Å². The zero-order valence-electron chi connectivity index (χ0n) is 18.9. The van der Waals surface area contributed by atoms with E-state index in [9.17, 15) is 14.4 Å². The highest BCUT2D eigenvalue weighted by molar-refractivity contribution is 6.01. The van der Waals surface area contributed by atoms with Gasteiger partial charge in [0.05, 0.1) is 13.2 Å². The van der Waals surface area contributed by atoms with Crippen molar-refractivity contribution in [3.8, 4) is 5.75 Å². The normalized spacial score (nSPS) is 12.9. The van der Waals surface area contributed by atoms with Crippen molar-refractivity contribution in [2.24, 2.45) is 5.73 Å². The molecular weight excluding hydrogens is 410 g/mol. The fourth-order valence-electron chi connectivity index (χ4n) is 2.92. The Kier molecular flexibility index (Phi) is 8.78. The van der Waals surface area contributed by atoms with Gasteiger partial charge in [-0.15, -0.1) is 0 Å². The molecule has 0 aliphatic carbocycles. The molecule has 0 saturated heterocycles. The van der Waals surface area contributed by atoms with Gasteiger partial charge in [0.15, 0.2) is 0 Å². The van der Waals surface area contributed by atoms with E-state index < -0.39 is 35.6 Å². The van der Waals surface area contributed by atoms with Crippen molar-refractivity contribution in [3.05, 3.63) is 65.7 Å². The van der Waals surface area contributed by atoms with Crippen LogP contribution in [0.3, 0.4) is 0 Å². The Labute approximate surface area is 188 Å². The molecule has 2 atom stereocenters. The minimum absolute atomic E-state index is 0.187. The average Bonchev–Trinajstić information content (AvgIpc) is 2.73. The maximum Gasteiger partial charge on any atom is 0.408 e. The molecule has 0 saturated carbocycles. The minimum Gasteiger partial charge on any atom is -0.497 e. The first kappa shape index (κ1) is 24.9. The Morgan fingerprint density at radius 1 is 0.906 bits per heavy atom. The molecule has 0 heterocycles. The van der Waals surface area contributed by atoms with Crippen LogP contribution in [-0.2, 0) is 27.2 Å². The maximum absolute atomic E-state index is 12.8. The Balaban J connectivity index is 2.04. The third-order valence-corrected chi connectivity index (χ3v) is 4.49. The molecule has 2 aromatic carbocycles. The number of nitrogens with one attached hydrogen (secondary N) is 2. The van der Waals surface area contributed by atoms with Crippen LogP contribution in [0.2, 0.25) is 0 Å². The van der Waals surface area contributed by atoms with Crippen LogP contribution in [0, 0.1) is 0 Å². The first-order valence-corrected chi connectivity index (χ1v) is 10.3. The number of nitrogens with two attached hydrogens (primary N) is 1. The number of ether oxygens (including phenoxy) is 2. The highest BCUT2D eigenvalue weighted by Crippen LogP contribution is 2.13. The summed E-state index contributed by atoms with van der Waals surface area (Å²) < 4.78 is 10.4.